The van der Waals surface area contributed by atoms with Gasteiger partial charge in [-0.2, -0.15) is 0 Å². The van der Waals surface area contributed by atoms with Gasteiger partial charge in [-0.25, -0.2) is 17.5 Å². The van der Waals surface area contributed by atoms with E-state index in [0.717, 1.165) is 4.31 Å². The zero-order valence-electron chi connectivity index (χ0n) is 15.8. The summed E-state index contributed by atoms with van der Waals surface area (Å²) in [6.07, 6.45) is 1.32. The second kappa shape index (κ2) is 8.57. The van der Waals surface area contributed by atoms with E-state index in [4.69, 9.17) is 10.5 Å². The summed E-state index contributed by atoms with van der Waals surface area (Å²) < 4.78 is 31.6. The maximum absolute atomic E-state index is 12.6. The van der Waals surface area contributed by atoms with E-state index >= 15 is 0 Å². The Kier molecular flexibility index (Phi) is 6.66. The molecule has 10 heteroatoms. The quantitative estimate of drug-likeness (QED) is 0.742. The molecule has 0 spiro atoms. The number of amides is 3. The van der Waals surface area contributed by atoms with Crippen molar-refractivity contribution in [1.82, 2.24) is 9.21 Å². The number of urea groups is 1. The molecular weight excluding hydrogens is 372 g/mol. The SMILES string of the molecule is CCOc1ccc(NC(=O)[C@@H]2CCCN(C(N)=O)C2)cc1S(=O)(=O)N(C)C. The summed E-state index contributed by atoms with van der Waals surface area (Å²) >= 11 is 0. The van der Waals surface area contributed by atoms with E-state index in [1.807, 2.05) is 0 Å². The van der Waals surface area contributed by atoms with Gasteiger partial charge in [0.15, 0.2) is 0 Å². The Balaban J connectivity index is 2.24. The van der Waals surface area contributed by atoms with Crippen molar-refractivity contribution in [3.8, 4) is 5.75 Å². The largest absolute Gasteiger partial charge is 0.492 e. The minimum Gasteiger partial charge on any atom is -0.492 e. The van der Waals surface area contributed by atoms with Crippen LogP contribution in [0.4, 0.5) is 10.5 Å². The highest BCUT2D eigenvalue weighted by Crippen LogP contribution is 2.29. The molecule has 1 fully saturated rings. The van der Waals surface area contributed by atoms with Crippen molar-refractivity contribution < 1.29 is 22.7 Å². The monoisotopic (exact) mass is 398 g/mol. The van der Waals surface area contributed by atoms with Gasteiger partial charge in [-0.3, -0.25) is 4.79 Å². The number of anilines is 1. The number of likely N-dealkylation sites (tertiary alicyclic amines) is 1. The van der Waals surface area contributed by atoms with Crippen LogP contribution in [0.25, 0.3) is 0 Å². The lowest BCUT2D eigenvalue weighted by atomic mass is 9.97. The van der Waals surface area contributed by atoms with Gasteiger partial charge in [0, 0.05) is 32.9 Å². The number of carbonyl (C=O) groups is 2. The molecule has 1 aromatic carbocycles. The number of ether oxygens (including phenoxy) is 1. The van der Waals surface area contributed by atoms with E-state index in [-0.39, 0.29) is 23.1 Å². The summed E-state index contributed by atoms with van der Waals surface area (Å²) in [5, 5.41) is 2.74. The topological polar surface area (TPSA) is 122 Å². The molecule has 0 aromatic heterocycles. The molecule has 9 nitrogen and oxygen atoms in total. The van der Waals surface area contributed by atoms with E-state index < -0.39 is 22.0 Å². The maximum atomic E-state index is 12.6. The van der Waals surface area contributed by atoms with Crippen LogP contribution >= 0.6 is 0 Å². The highest BCUT2D eigenvalue weighted by molar-refractivity contribution is 7.89. The molecule has 0 aliphatic carbocycles. The van der Waals surface area contributed by atoms with Crippen molar-refractivity contribution >= 4 is 27.6 Å². The molecule has 0 bridgehead atoms. The number of piperidine rings is 1. The zero-order chi connectivity index (χ0) is 20.2. The van der Waals surface area contributed by atoms with Crippen LogP contribution in [-0.2, 0) is 14.8 Å². The zero-order valence-corrected chi connectivity index (χ0v) is 16.6. The molecule has 0 saturated carbocycles. The van der Waals surface area contributed by atoms with Crippen LogP contribution in [0.3, 0.4) is 0 Å². The number of sulfonamides is 1. The molecule has 1 aromatic rings. The van der Waals surface area contributed by atoms with Crippen LogP contribution in [0.2, 0.25) is 0 Å². The average molecular weight is 398 g/mol. The van der Waals surface area contributed by atoms with Gasteiger partial charge >= 0.3 is 6.03 Å². The molecule has 3 amide bonds. The van der Waals surface area contributed by atoms with Crippen molar-refractivity contribution in [2.45, 2.75) is 24.7 Å². The molecule has 0 radical (unpaired) electrons. The lowest BCUT2D eigenvalue weighted by Gasteiger charge is -2.30. The van der Waals surface area contributed by atoms with Gasteiger partial charge < -0.3 is 20.7 Å². The first-order valence-electron chi connectivity index (χ1n) is 8.71. The average Bonchev–Trinajstić information content (AvgIpc) is 2.63. The summed E-state index contributed by atoms with van der Waals surface area (Å²) in [5.41, 5.74) is 5.64. The lowest BCUT2D eigenvalue weighted by molar-refractivity contribution is -0.121. The van der Waals surface area contributed by atoms with Gasteiger partial charge in [-0.15, -0.1) is 0 Å². The lowest BCUT2D eigenvalue weighted by Crippen LogP contribution is -2.46. The molecule has 27 heavy (non-hydrogen) atoms. The third-order valence-corrected chi connectivity index (χ3v) is 6.21. The van der Waals surface area contributed by atoms with E-state index in [1.165, 1.54) is 31.1 Å². The van der Waals surface area contributed by atoms with Gasteiger partial charge in [-0.05, 0) is 38.0 Å². The number of nitrogens with zero attached hydrogens (tertiary/aromatic N) is 2. The second-order valence-electron chi connectivity index (χ2n) is 6.49. The Morgan fingerprint density at radius 2 is 2.07 bits per heavy atom. The minimum absolute atomic E-state index is 0.0189. The summed E-state index contributed by atoms with van der Waals surface area (Å²) in [6, 6.07) is 3.94. The predicted molar refractivity (Wildman–Crippen MR) is 101 cm³/mol. The van der Waals surface area contributed by atoms with Gasteiger partial charge in [0.1, 0.15) is 10.6 Å². The smallest absolute Gasteiger partial charge is 0.314 e. The van der Waals surface area contributed by atoms with Crippen molar-refractivity contribution in [1.29, 1.82) is 0 Å². The Morgan fingerprint density at radius 1 is 1.37 bits per heavy atom. The first-order chi connectivity index (χ1) is 12.7. The summed E-state index contributed by atoms with van der Waals surface area (Å²) in [4.78, 5) is 25.3. The molecule has 3 N–H and O–H groups in total. The molecule has 1 aliphatic heterocycles. The molecule has 1 aliphatic rings. The Bertz CT molecular complexity index is 810. The number of primary amides is 1. The Hall–Kier alpha value is -2.33. The molecular formula is C17H26N4O5S. The van der Waals surface area contributed by atoms with Crippen LogP contribution < -0.4 is 15.8 Å². The normalized spacial score (nSPS) is 17.6. The first kappa shape index (κ1) is 21.0. The molecule has 150 valence electrons. The van der Waals surface area contributed by atoms with Crippen LogP contribution in [0, 0.1) is 5.92 Å². The van der Waals surface area contributed by atoms with Crippen molar-refractivity contribution in [2.75, 3.05) is 39.1 Å². The predicted octanol–water partition coefficient (Wildman–Crippen LogP) is 1.06. The molecule has 1 heterocycles. The van der Waals surface area contributed by atoms with Crippen LogP contribution in [0.5, 0.6) is 5.75 Å². The summed E-state index contributed by atoms with van der Waals surface area (Å²) in [5.74, 6) is -0.452. The third kappa shape index (κ3) is 4.89. The molecule has 1 saturated heterocycles. The fourth-order valence-electron chi connectivity index (χ4n) is 2.89. The molecule has 2 rings (SSSR count). The summed E-state index contributed by atoms with van der Waals surface area (Å²) in [7, 11) is -0.891. The number of benzene rings is 1. The van der Waals surface area contributed by atoms with E-state index in [2.05, 4.69) is 5.32 Å². The number of rotatable bonds is 6. The number of nitrogens with one attached hydrogen (secondary N) is 1. The summed E-state index contributed by atoms with van der Waals surface area (Å²) in [6.45, 7) is 2.86. The van der Waals surface area contributed by atoms with Gasteiger partial charge in [0.05, 0.1) is 12.5 Å². The van der Waals surface area contributed by atoms with Crippen LogP contribution in [0.1, 0.15) is 19.8 Å². The van der Waals surface area contributed by atoms with Crippen molar-refractivity contribution in [3.05, 3.63) is 18.2 Å². The highest BCUT2D eigenvalue weighted by atomic mass is 32.2. The maximum Gasteiger partial charge on any atom is 0.314 e. The minimum atomic E-state index is -3.75. The number of hydrogen-bond acceptors (Lipinski definition) is 5. The first-order valence-corrected chi connectivity index (χ1v) is 10.2. The fourth-order valence-corrected chi connectivity index (χ4v) is 3.94. The Morgan fingerprint density at radius 3 is 2.67 bits per heavy atom. The Labute approximate surface area is 159 Å². The third-order valence-electron chi connectivity index (χ3n) is 4.37. The highest BCUT2D eigenvalue weighted by Gasteiger charge is 2.28. The number of carbonyl (C=O) groups excluding carboxylic acids is 2. The van der Waals surface area contributed by atoms with E-state index in [1.54, 1.807) is 13.0 Å². The van der Waals surface area contributed by atoms with Crippen LogP contribution in [0.15, 0.2) is 23.1 Å². The standard InChI is InChI=1S/C17H26N4O5S/c1-4-26-14-8-7-13(10-15(14)27(24,25)20(2)3)19-16(22)12-6-5-9-21(11-12)17(18)23/h7-8,10,12H,4-6,9,11H2,1-3H3,(H2,18,23)(H,19,22)/t12-/m1/s1. The number of nitrogens with two attached hydrogens (primary N) is 1. The van der Waals surface area contributed by atoms with E-state index in [9.17, 15) is 18.0 Å². The number of hydrogen-bond donors (Lipinski definition) is 2. The van der Waals surface area contributed by atoms with Crippen molar-refractivity contribution in [2.24, 2.45) is 11.7 Å². The van der Waals surface area contributed by atoms with Gasteiger partial charge in [-0.1, -0.05) is 0 Å². The van der Waals surface area contributed by atoms with Gasteiger partial charge in [0.25, 0.3) is 0 Å². The second-order valence-corrected chi connectivity index (χ2v) is 8.61. The molecule has 0 unspecified atom stereocenters. The van der Waals surface area contributed by atoms with Crippen molar-refractivity contribution in [3.63, 3.8) is 0 Å². The van der Waals surface area contributed by atoms with Crippen LogP contribution in [-0.4, -0.2) is 63.4 Å². The molecule has 1 atom stereocenters. The van der Waals surface area contributed by atoms with Gasteiger partial charge in [0.2, 0.25) is 15.9 Å². The van der Waals surface area contributed by atoms with E-state index in [0.29, 0.717) is 31.7 Å². The fraction of sp³-hybridized carbons (Fsp3) is 0.529.